The van der Waals surface area contributed by atoms with Crippen LogP contribution in [0, 0.1) is 0 Å². The van der Waals surface area contributed by atoms with Crippen LogP contribution in [-0.4, -0.2) is 36.1 Å². The minimum atomic E-state index is -1.05. The molecule has 2 N–H and O–H groups in total. The third-order valence-electron chi connectivity index (χ3n) is 2.62. The van der Waals surface area contributed by atoms with Crippen LogP contribution in [0.15, 0.2) is 24.3 Å². The van der Waals surface area contributed by atoms with Gasteiger partial charge in [-0.1, -0.05) is 25.4 Å². The van der Waals surface area contributed by atoms with Gasteiger partial charge in [0.15, 0.2) is 0 Å². The first-order chi connectivity index (χ1) is 9.40. The minimum Gasteiger partial charge on any atom is -0.480 e. The summed E-state index contributed by atoms with van der Waals surface area (Å²) in [4.78, 5) is 24.3. The molecule has 0 atom stereocenters. The molecule has 0 bridgehead atoms. The van der Waals surface area contributed by atoms with Gasteiger partial charge in [-0.15, -0.1) is 0 Å². The van der Waals surface area contributed by atoms with Crippen LogP contribution in [0.2, 0.25) is 5.02 Å². The van der Waals surface area contributed by atoms with Gasteiger partial charge in [-0.3, -0.25) is 9.59 Å². The quantitative estimate of drug-likeness (QED) is 0.809. The SMILES string of the molecule is CC(C)NCCC(=O)N(CC(=O)O)c1ccc(Cl)cc1. The standard InChI is InChI=1S/C14H19ClN2O3/c1-10(2)16-8-7-13(18)17(9-14(19)20)12-5-3-11(15)4-6-12/h3-6,10,16H,7-9H2,1-2H3,(H,19,20). The number of hydrogen-bond acceptors (Lipinski definition) is 3. The van der Waals surface area contributed by atoms with E-state index in [1.807, 2.05) is 13.8 Å². The second-order valence-corrected chi connectivity index (χ2v) is 5.15. The largest absolute Gasteiger partial charge is 0.480 e. The number of anilines is 1. The van der Waals surface area contributed by atoms with Crippen LogP contribution in [0.25, 0.3) is 0 Å². The summed E-state index contributed by atoms with van der Waals surface area (Å²) in [5.41, 5.74) is 0.534. The van der Waals surface area contributed by atoms with E-state index in [0.717, 1.165) is 0 Å². The Balaban J connectivity index is 2.75. The fraction of sp³-hybridized carbons (Fsp3) is 0.429. The number of amides is 1. The topological polar surface area (TPSA) is 69.6 Å². The van der Waals surface area contributed by atoms with Crippen molar-refractivity contribution in [1.29, 1.82) is 0 Å². The van der Waals surface area contributed by atoms with E-state index in [1.54, 1.807) is 24.3 Å². The van der Waals surface area contributed by atoms with Gasteiger partial charge in [0.25, 0.3) is 0 Å². The molecular weight excluding hydrogens is 280 g/mol. The van der Waals surface area contributed by atoms with Gasteiger partial charge in [0.2, 0.25) is 5.91 Å². The van der Waals surface area contributed by atoms with Crippen LogP contribution < -0.4 is 10.2 Å². The fourth-order valence-electron chi connectivity index (χ4n) is 1.68. The highest BCUT2D eigenvalue weighted by Gasteiger charge is 2.18. The summed E-state index contributed by atoms with van der Waals surface area (Å²) in [5, 5.41) is 12.6. The van der Waals surface area contributed by atoms with Crippen molar-refractivity contribution >= 4 is 29.2 Å². The molecule has 0 radical (unpaired) electrons. The Hall–Kier alpha value is -1.59. The monoisotopic (exact) mass is 298 g/mol. The molecule has 1 rings (SSSR count). The van der Waals surface area contributed by atoms with Crippen molar-refractivity contribution in [1.82, 2.24) is 5.32 Å². The number of rotatable bonds is 7. The number of carboxylic acids is 1. The maximum Gasteiger partial charge on any atom is 0.323 e. The van der Waals surface area contributed by atoms with E-state index in [0.29, 0.717) is 17.3 Å². The molecule has 20 heavy (non-hydrogen) atoms. The van der Waals surface area contributed by atoms with Crippen molar-refractivity contribution in [3.8, 4) is 0 Å². The minimum absolute atomic E-state index is 0.233. The molecule has 0 saturated heterocycles. The Morgan fingerprint density at radius 3 is 2.40 bits per heavy atom. The van der Waals surface area contributed by atoms with E-state index in [1.165, 1.54) is 4.90 Å². The second kappa shape index (κ2) is 7.87. The molecule has 0 aliphatic heterocycles. The summed E-state index contributed by atoms with van der Waals surface area (Å²) in [6.07, 6.45) is 0.244. The molecule has 0 spiro atoms. The molecule has 0 saturated carbocycles. The van der Waals surface area contributed by atoms with E-state index >= 15 is 0 Å². The summed E-state index contributed by atoms with van der Waals surface area (Å²) >= 11 is 5.79. The summed E-state index contributed by atoms with van der Waals surface area (Å²) < 4.78 is 0. The highest BCUT2D eigenvalue weighted by molar-refractivity contribution is 6.30. The first-order valence-electron chi connectivity index (χ1n) is 6.41. The molecule has 1 aromatic rings. The van der Waals surface area contributed by atoms with Gasteiger partial charge in [-0.05, 0) is 24.3 Å². The Morgan fingerprint density at radius 1 is 1.30 bits per heavy atom. The summed E-state index contributed by atoms with van der Waals surface area (Å²) in [7, 11) is 0. The van der Waals surface area contributed by atoms with Gasteiger partial charge >= 0.3 is 5.97 Å². The lowest BCUT2D eigenvalue weighted by Gasteiger charge is -2.21. The average molecular weight is 299 g/mol. The number of carbonyl (C=O) groups is 2. The lowest BCUT2D eigenvalue weighted by molar-refractivity contribution is -0.136. The molecule has 1 amide bonds. The number of hydrogen-bond donors (Lipinski definition) is 2. The second-order valence-electron chi connectivity index (χ2n) is 4.71. The Labute approximate surface area is 123 Å². The van der Waals surface area contributed by atoms with Gasteiger partial charge in [0.1, 0.15) is 6.54 Å². The van der Waals surface area contributed by atoms with Crippen molar-refractivity contribution in [2.45, 2.75) is 26.3 Å². The van der Waals surface area contributed by atoms with Gasteiger partial charge in [-0.2, -0.15) is 0 Å². The van der Waals surface area contributed by atoms with Gasteiger partial charge in [0, 0.05) is 29.7 Å². The smallest absolute Gasteiger partial charge is 0.323 e. The zero-order chi connectivity index (χ0) is 15.1. The number of aliphatic carboxylic acids is 1. The van der Waals surface area contributed by atoms with Gasteiger partial charge in [-0.25, -0.2) is 0 Å². The van der Waals surface area contributed by atoms with E-state index in [9.17, 15) is 9.59 Å². The van der Waals surface area contributed by atoms with Crippen LogP contribution in [0.4, 0.5) is 5.69 Å². The predicted molar refractivity (Wildman–Crippen MR) is 79.2 cm³/mol. The zero-order valence-corrected chi connectivity index (χ0v) is 12.4. The molecule has 6 heteroatoms. The zero-order valence-electron chi connectivity index (χ0n) is 11.6. The van der Waals surface area contributed by atoms with Crippen molar-refractivity contribution in [3.05, 3.63) is 29.3 Å². The molecule has 5 nitrogen and oxygen atoms in total. The number of benzene rings is 1. The van der Waals surface area contributed by atoms with Crippen molar-refractivity contribution in [3.63, 3.8) is 0 Å². The van der Waals surface area contributed by atoms with E-state index in [-0.39, 0.29) is 24.9 Å². The number of nitrogens with one attached hydrogen (secondary N) is 1. The van der Waals surface area contributed by atoms with Crippen LogP contribution in [0.5, 0.6) is 0 Å². The van der Waals surface area contributed by atoms with Crippen LogP contribution >= 0.6 is 11.6 Å². The molecule has 110 valence electrons. The molecule has 0 fully saturated rings. The Morgan fingerprint density at radius 2 is 1.90 bits per heavy atom. The van der Waals surface area contributed by atoms with Gasteiger partial charge in [0.05, 0.1) is 0 Å². The normalized spacial score (nSPS) is 10.6. The Bertz CT molecular complexity index is 460. The Kier molecular flexibility index (Phi) is 6.48. The molecular formula is C14H19ClN2O3. The number of carboxylic acid groups (broad SMARTS) is 1. The highest BCUT2D eigenvalue weighted by atomic mass is 35.5. The number of halogens is 1. The molecule has 1 aromatic carbocycles. The van der Waals surface area contributed by atoms with E-state index in [4.69, 9.17) is 16.7 Å². The number of carbonyl (C=O) groups excluding carboxylic acids is 1. The maximum absolute atomic E-state index is 12.1. The fourth-order valence-corrected chi connectivity index (χ4v) is 1.81. The first-order valence-corrected chi connectivity index (χ1v) is 6.79. The van der Waals surface area contributed by atoms with Crippen LogP contribution in [0.1, 0.15) is 20.3 Å². The predicted octanol–water partition coefficient (Wildman–Crippen LogP) is 2.15. The molecule has 0 aliphatic carbocycles. The summed E-state index contributed by atoms with van der Waals surface area (Å²) in [6.45, 7) is 4.12. The lowest BCUT2D eigenvalue weighted by atomic mass is 10.2. The summed E-state index contributed by atoms with van der Waals surface area (Å²) in [6, 6.07) is 6.82. The first kappa shape index (κ1) is 16.5. The maximum atomic E-state index is 12.1. The third kappa shape index (κ3) is 5.59. The average Bonchev–Trinajstić information content (AvgIpc) is 2.36. The number of nitrogens with zero attached hydrogens (tertiary/aromatic N) is 1. The summed E-state index contributed by atoms with van der Waals surface area (Å²) in [5.74, 6) is -1.28. The van der Waals surface area contributed by atoms with Gasteiger partial charge < -0.3 is 15.3 Å². The molecule has 0 aliphatic rings. The van der Waals surface area contributed by atoms with E-state index < -0.39 is 5.97 Å². The van der Waals surface area contributed by atoms with E-state index in [2.05, 4.69) is 5.32 Å². The van der Waals surface area contributed by atoms with Crippen LogP contribution in [0.3, 0.4) is 0 Å². The highest BCUT2D eigenvalue weighted by Crippen LogP contribution is 2.18. The third-order valence-corrected chi connectivity index (χ3v) is 2.88. The molecule has 0 heterocycles. The van der Waals surface area contributed by atoms with Crippen molar-refractivity contribution in [2.75, 3.05) is 18.0 Å². The molecule has 0 aromatic heterocycles. The van der Waals surface area contributed by atoms with Crippen molar-refractivity contribution < 1.29 is 14.7 Å². The lowest BCUT2D eigenvalue weighted by Crippen LogP contribution is -2.38. The van der Waals surface area contributed by atoms with Crippen LogP contribution in [-0.2, 0) is 9.59 Å². The molecule has 0 unspecified atom stereocenters. The van der Waals surface area contributed by atoms with Crippen molar-refractivity contribution in [2.24, 2.45) is 0 Å².